The molecule has 1 N–H and O–H groups in total. The fourth-order valence-corrected chi connectivity index (χ4v) is 1.51. The average molecular weight is 247 g/mol. The highest BCUT2D eigenvalue weighted by Crippen LogP contribution is 2.25. The lowest BCUT2D eigenvalue weighted by atomic mass is 10.1. The molecule has 0 fully saturated rings. The Labute approximate surface area is 104 Å². The molecule has 1 aromatic carbocycles. The maximum Gasteiger partial charge on any atom is 0.274 e. The van der Waals surface area contributed by atoms with E-state index in [0.717, 1.165) is 0 Å². The molecule has 0 aliphatic heterocycles. The summed E-state index contributed by atoms with van der Waals surface area (Å²) in [5.74, 6) is -1.19. The Kier molecular flexibility index (Phi) is 4.38. The Bertz CT molecular complexity index is 520. The summed E-state index contributed by atoms with van der Waals surface area (Å²) >= 11 is 0. The van der Waals surface area contributed by atoms with E-state index in [9.17, 15) is 14.9 Å². The number of amides is 1. The number of hydrogen-bond donors (Lipinski definition) is 1. The topological polar surface area (TPSA) is 96.0 Å². The summed E-state index contributed by atoms with van der Waals surface area (Å²) in [4.78, 5) is 21.9. The van der Waals surface area contributed by atoms with Crippen LogP contribution in [0.1, 0.15) is 18.9 Å². The van der Waals surface area contributed by atoms with Crippen LogP contribution in [0.3, 0.4) is 0 Å². The van der Waals surface area contributed by atoms with Crippen LogP contribution in [0.15, 0.2) is 18.2 Å². The van der Waals surface area contributed by atoms with Gasteiger partial charge in [-0.3, -0.25) is 14.9 Å². The lowest BCUT2D eigenvalue weighted by Crippen LogP contribution is -2.21. The number of nitrogens with zero attached hydrogens (tertiary/aromatic N) is 2. The van der Waals surface area contributed by atoms with Crippen molar-refractivity contribution in [2.45, 2.75) is 20.3 Å². The first-order valence-corrected chi connectivity index (χ1v) is 5.45. The Hall–Kier alpha value is -2.42. The Morgan fingerprint density at radius 1 is 1.61 bits per heavy atom. The Morgan fingerprint density at radius 3 is 2.78 bits per heavy atom. The molecule has 0 radical (unpaired) electrons. The molecule has 0 aliphatic rings. The van der Waals surface area contributed by atoms with Crippen LogP contribution in [-0.2, 0) is 4.79 Å². The molecule has 1 rings (SSSR count). The zero-order valence-corrected chi connectivity index (χ0v) is 10.1. The van der Waals surface area contributed by atoms with Crippen molar-refractivity contribution in [1.82, 2.24) is 0 Å². The van der Waals surface area contributed by atoms with E-state index < -0.39 is 16.7 Å². The number of anilines is 1. The maximum atomic E-state index is 11.7. The predicted octanol–water partition coefficient (Wildman–Crippen LogP) is 2.39. The number of nitrogens with one attached hydrogen (secondary N) is 1. The molecule has 0 aliphatic carbocycles. The van der Waals surface area contributed by atoms with Gasteiger partial charge in [0, 0.05) is 6.07 Å². The van der Waals surface area contributed by atoms with Gasteiger partial charge in [0.2, 0.25) is 5.91 Å². The molecule has 1 amide bonds. The molecule has 0 aromatic heterocycles. The van der Waals surface area contributed by atoms with Gasteiger partial charge in [0.1, 0.15) is 5.92 Å². The minimum Gasteiger partial charge on any atom is -0.324 e. The molecule has 0 heterocycles. The van der Waals surface area contributed by atoms with Gasteiger partial charge in [0.25, 0.3) is 5.69 Å². The fraction of sp³-hybridized carbons (Fsp3) is 0.333. The second kappa shape index (κ2) is 5.77. The van der Waals surface area contributed by atoms with Crippen molar-refractivity contribution >= 4 is 17.3 Å². The smallest absolute Gasteiger partial charge is 0.274 e. The monoisotopic (exact) mass is 247 g/mol. The Balaban J connectivity index is 2.99. The standard InChI is InChI=1S/C12H13N3O3/c1-3-9(7-13)12(16)14-10-5-4-6-11(8(10)2)15(17)18/h4-6,9H,3H2,1-2H3,(H,14,16). The van der Waals surface area contributed by atoms with E-state index in [0.29, 0.717) is 17.7 Å². The number of nitro groups is 1. The van der Waals surface area contributed by atoms with Gasteiger partial charge in [-0.1, -0.05) is 13.0 Å². The fourth-order valence-electron chi connectivity index (χ4n) is 1.51. The van der Waals surface area contributed by atoms with Crippen LogP contribution in [0.5, 0.6) is 0 Å². The third-order valence-corrected chi connectivity index (χ3v) is 2.64. The number of benzene rings is 1. The molecule has 0 bridgehead atoms. The third kappa shape index (κ3) is 2.83. The van der Waals surface area contributed by atoms with E-state index in [-0.39, 0.29) is 5.69 Å². The molecule has 0 saturated carbocycles. The predicted molar refractivity (Wildman–Crippen MR) is 65.9 cm³/mol. The van der Waals surface area contributed by atoms with Crippen LogP contribution in [0.4, 0.5) is 11.4 Å². The SMILES string of the molecule is CCC(C#N)C(=O)Nc1cccc([N+](=O)[O-])c1C. The number of nitriles is 1. The van der Waals surface area contributed by atoms with E-state index in [4.69, 9.17) is 5.26 Å². The van der Waals surface area contributed by atoms with Gasteiger partial charge in [-0.15, -0.1) is 0 Å². The van der Waals surface area contributed by atoms with Crippen molar-refractivity contribution in [3.05, 3.63) is 33.9 Å². The summed E-state index contributed by atoms with van der Waals surface area (Å²) in [5, 5.41) is 22.1. The van der Waals surface area contributed by atoms with Crippen LogP contribution < -0.4 is 5.32 Å². The summed E-state index contributed by atoms with van der Waals surface area (Å²) in [6.07, 6.45) is 0.399. The normalized spacial score (nSPS) is 11.4. The summed E-state index contributed by atoms with van der Waals surface area (Å²) < 4.78 is 0. The van der Waals surface area contributed by atoms with Gasteiger partial charge >= 0.3 is 0 Å². The maximum absolute atomic E-state index is 11.7. The number of carbonyl (C=O) groups is 1. The van der Waals surface area contributed by atoms with E-state index in [2.05, 4.69) is 5.32 Å². The van der Waals surface area contributed by atoms with Crippen molar-refractivity contribution in [2.24, 2.45) is 5.92 Å². The summed E-state index contributed by atoms with van der Waals surface area (Å²) in [7, 11) is 0. The van der Waals surface area contributed by atoms with Gasteiger partial charge in [-0.2, -0.15) is 5.26 Å². The first-order chi connectivity index (χ1) is 8.51. The molecule has 94 valence electrons. The number of carbonyl (C=O) groups excluding carboxylic acids is 1. The van der Waals surface area contributed by atoms with Gasteiger partial charge in [-0.05, 0) is 19.4 Å². The molecular weight excluding hydrogens is 234 g/mol. The van der Waals surface area contributed by atoms with Gasteiger partial charge in [0.05, 0.1) is 22.2 Å². The number of rotatable bonds is 4. The lowest BCUT2D eigenvalue weighted by molar-refractivity contribution is -0.385. The largest absolute Gasteiger partial charge is 0.324 e. The second-order valence-corrected chi connectivity index (χ2v) is 3.79. The van der Waals surface area contributed by atoms with E-state index in [1.54, 1.807) is 19.9 Å². The van der Waals surface area contributed by atoms with Gasteiger partial charge in [-0.25, -0.2) is 0 Å². The highest BCUT2D eigenvalue weighted by atomic mass is 16.6. The van der Waals surface area contributed by atoms with Crippen LogP contribution in [0.25, 0.3) is 0 Å². The molecular formula is C12H13N3O3. The van der Waals surface area contributed by atoms with Crippen molar-refractivity contribution in [1.29, 1.82) is 5.26 Å². The Morgan fingerprint density at radius 2 is 2.28 bits per heavy atom. The first kappa shape index (κ1) is 13.6. The van der Waals surface area contributed by atoms with Crippen LogP contribution in [0, 0.1) is 34.3 Å². The van der Waals surface area contributed by atoms with E-state index >= 15 is 0 Å². The highest BCUT2D eigenvalue weighted by Gasteiger charge is 2.19. The summed E-state index contributed by atoms with van der Waals surface area (Å²) in [6, 6.07) is 6.32. The highest BCUT2D eigenvalue weighted by molar-refractivity contribution is 5.95. The van der Waals surface area contributed by atoms with E-state index in [1.165, 1.54) is 12.1 Å². The molecule has 1 atom stereocenters. The van der Waals surface area contributed by atoms with Gasteiger partial charge < -0.3 is 5.32 Å². The number of hydrogen-bond acceptors (Lipinski definition) is 4. The van der Waals surface area contributed by atoms with Crippen LogP contribution >= 0.6 is 0 Å². The second-order valence-electron chi connectivity index (χ2n) is 3.79. The number of nitro benzene ring substituents is 1. The van der Waals surface area contributed by atoms with Gasteiger partial charge in [0.15, 0.2) is 0 Å². The minimum absolute atomic E-state index is 0.0576. The summed E-state index contributed by atoms with van der Waals surface area (Å²) in [5.41, 5.74) is 0.685. The zero-order valence-electron chi connectivity index (χ0n) is 10.1. The zero-order chi connectivity index (χ0) is 13.7. The average Bonchev–Trinajstić information content (AvgIpc) is 2.33. The van der Waals surface area contributed by atoms with E-state index in [1.807, 2.05) is 6.07 Å². The molecule has 0 saturated heterocycles. The van der Waals surface area contributed by atoms with Crippen molar-refractivity contribution in [2.75, 3.05) is 5.32 Å². The van der Waals surface area contributed by atoms with Crippen molar-refractivity contribution < 1.29 is 9.72 Å². The first-order valence-electron chi connectivity index (χ1n) is 5.45. The molecule has 1 aromatic rings. The van der Waals surface area contributed by atoms with Crippen molar-refractivity contribution in [3.63, 3.8) is 0 Å². The molecule has 1 unspecified atom stereocenters. The van der Waals surface area contributed by atoms with Crippen molar-refractivity contribution in [3.8, 4) is 6.07 Å². The molecule has 6 nitrogen and oxygen atoms in total. The molecule has 18 heavy (non-hydrogen) atoms. The molecule has 0 spiro atoms. The minimum atomic E-state index is -0.747. The lowest BCUT2D eigenvalue weighted by Gasteiger charge is -2.10. The van der Waals surface area contributed by atoms with Crippen LogP contribution in [-0.4, -0.2) is 10.8 Å². The molecule has 6 heteroatoms. The third-order valence-electron chi connectivity index (χ3n) is 2.64. The van der Waals surface area contributed by atoms with Crippen LogP contribution in [0.2, 0.25) is 0 Å². The quantitative estimate of drug-likeness (QED) is 0.652. The summed E-state index contributed by atoms with van der Waals surface area (Å²) in [6.45, 7) is 3.29.